The number of aryl methyl sites for hydroxylation is 1. The second kappa shape index (κ2) is 3.72. The minimum Gasteiger partial charge on any atom is -0.377 e. The van der Waals surface area contributed by atoms with Gasteiger partial charge in [-0.2, -0.15) is 0 Å². The molecule has 2 rings (SSSR count). The van der Waals surface area contributed by atoms with Crippen molar-refractivity contribution in [2.45, 2.75) is 24.3 Å². The number of hydrogen-bond acceptors (Lipinski definition) is 2. The molecule has 1 aromatic rings. The summed E-state index contributed by atoms with van der Waals surface area (Å²) in [6.07, 6.45) is 1.43. The molecule has 0 bridgehead atoms. The lowest BCUT2D eigenvalue weighted by molar-refractivity contribution is 0.119. The number of benzene rings is 1. The number of fused-ring (bicyclic) bond motifs is 1. The van der Waals surface area contributed by atoms with E-state index in [0.29, 0.717) is 0 Å². The predicted octanol–water partition coefficient (Wildman–Crippen LogP) is 3.04. The molecule has 1 unspecified atom stereocenters. The smallest absolute Gasteiger partial charge is 0.0793 e. The Morgan fingerprint density at radius 3 is 3.08 bits per heavy atom. The Labute approximate surface area is 83.5 Å². The first-order valence-corrected chi connectivity index (χ1v) is 5.58. The van der Waals surface area contributed by atoms with E-state index in [1.54, 1.807) is 7.11 Å². The summed E-state index contributed by atoms with van der Waals surface area (Å²) in [5, 5.41) is 0. The zero-order valence-electron chi connectivity index (χ0n) is 8.04. The lowest BCUT2D eigenvalue weighted by atomic mass is 10.1. The zero-order chi connectivity index (χ0) is 9.26. The van der Waals surface area contributed by atoms with Gasteiger partial charge in [-0.3, -0.25) is 0 Å². The van der Waals surface area contributed by atoms with Crippen molar-refractivity contribution < 1.29 is 4.74 Å². The summed E-state index contributed by atoms with van der Waals surface area (Å²) >= 11 is 1.96. The van der Waals surface area contributed by atoms with Gasteiger partial charge in [-0.1, -0.05) is 12.1 Å². The van der Waals surface area contributed by atoms with Crippen molar-refractivity contribution in [2.75, 3.05) is 12.9 Å². The van der Waals surface area contributed by atoms with Crippen LogP contribution in [-0.2, 0) is 11.2 Å². The highest BCUT2D eigenvalue weighted by atomic mass is 32.2. The van der Waals surface area contributed by atoms with E-state index in [0.717, 1.165) is 0 Å². The van der Waals surface area contributed by atoms with E-state index < -0.39 is 0 Å². The molecule has 0 radical (unpaired) electrons. The van der Waals surface area contributed by atoms with Gasteiger partial charge in [-0.05, 0) is 30.5 Å². The summed E-state index contributed by atoms with van der Waals surface area (Å²) in [6.45, 7) is 2.09. The van der Waals surface area contributed by atoms with E-state index in [4.69, 9.17) is 4.74 Å². The first kappa shape index (κ1) is 9.10. The molecular formula is C11H14OS. The average molecular weight is 194 g/mol. The Balaban J connectivity index is 2.30. The van der Waals surface area contributed by atoms with E-state index >= 15 is 0 Å². The number of methoxy groups -OCH3 is 1. The van der Waals surface area contributed by atoms with Crippen LogP contribution < -0.4 is 0 Å². The van der Waals surface area contributed by atoms with Gasteiger partial charge < -0.3 is 4.74 Å². The van der Waals surface area contributed by atoms with Crippen molar-refractivity contribution in [3.63, 3.8) is 0 Å². The van der Waals surface area contributed by atoms with Gasteiger partial charge in [0.05, 0.1) is 6.10 Å². The van der Waals surface area contributed by atoms with Crippen molar-refractivity contribution in [1.82, 2.24) is 0 Å². The van der Waals surface area contributed by atoms with Crippen LogP contribution in [0.2, 0.25) is 0 Å². The molecule has 0 amide bonds. The molecule has 0 fully saturated rings. The summed E-state index contributed by atoms with van der Waals surface area (Å²) in [4.78, 5) is 1.45. The van der Waals surface area contributed by atoms with Crippen molar-refractivity contribution in [2.24, 2.45) is 0 Å². The fourth-order valence-electron chi connectivity index (χ4n) is 1.60. The minimum atomic E-state index is 0.218. The summed E-state index contributed by atoms with van der Waals surface area (Å²) in [5.74, 6) is 1.24. The van der Waals surface area contributed by atoms with Gasteiger partial charge in [0, 0.05) is 17.8 Å². The Hall–Kier alpha value is -0.470. The van der Waals surface area contributed by atoms with Gasteiger partial charge in [0.2, 0.25) is 0 Å². The molecule has 0 saturated heterocycles. The van der Waals surface area contributed by atoms with E-state index in [2.05, 4.69) is 25.1 Å². The van der Waals surface area contributed by atoms with Crippen LogP contribution in [0.3, 0.4) is 0 Å². The topological polar surface area (TPSA) is 9.23 Å². The van der Waals surface area contributed by atoms with Gasteiger partial charge in [0.25, 0.3) is 0 Å². The highest BCUT2D eigenvalue weighted by Crippen LogP contribution is 2.33. The zero-order valence-corrected chi connectivity index (χ0v) is 8.86. The maximum absolute atomic E-state index is 5.29. The Morgan fingerprint density at radius 1 is 1.46 bits per heavy atom. The van der Waals surface area contributed by atoms with Gasteiger partial charge in [-0.15, -0.1) is 11.8 Å². The van der Waals surface area contributed by atoms with Crippen molar-refractivity contribution >= 4 is 11.8 Å². The molecule has 2 heteroatoms. The quantitative estimate of drug-likeness (QED) is 0.715. The molecule has 0 N–H and O–H groups in total. The number of ether oxygens (including phenoxy) is 1. The fourth-order valence-corrected chi connectivity index (χ4v) is 2.65. The third-order valence-corrected chi connectivity index (χ3v) is 3.65. The molecule has 0 aromatic heterocycles. The Bertz CT molecular complexity index is 309. The highest BCUT2D eigenvalue weighted by Gasteiger charge is 2.13. The molecule has 1 aromatic carbocycles. The molecule has 1 heterocycles. The lowest BCUT2D eigenvalue weighted by Crippen LogP contribution is -1.96. The first-order valence-electron chi connectivity index (χ1n) is 4.59. The molecule has 1 aliphatic rings. The molecular weight excluding hydrogens is 180 g/mol. The first-order chi connectivity index (χ1) is 6.31. The summed E-state index contributed by atoms with van der Waals surface area (Å²) < 4.78 is 5.29. The van der Waals surface area contributed by atoms with Crippen LogP contribution in [0.15, 0.2) is 23.1 Å². The largest absolute Gasteiger partial charge is 0.377 e. The summed E-state index contributed by atoms with van der Waals surface area (Å²) in [5.41, 5.74) is 2.79. The van der Waals surface area contributed by atoms with E-state index in [1.807, 2.05) is 11.8 Å². The standard InChI is InChI=1S/C11H14OS/c1-8(12-2)9-3-4-11-10(7-9)5-6-13-11/h3-4,7-8H,5-6H2,1-2H3. The molecule has 1 aliphatic heterocycles. The van der Waals surface area contributed by atoms with Crippen molar-refractivity contribution in [1.29, 1.82) is 0 Å². The lowest BCUT2D eigenvalue weighted by Gasteiger charge is -2.10. The van der Waals surface area contributed by atoms with E-state index in [1.165, 1.54) is 28.2 Å². The third-order valence-electron chi connectivity index (χ3n) is 2.54. The minimum absolute atomic E-state index is 0.218. The van der Waals surface area contributed by atoms with Crippen LogP contribution in [0, 0.1) is 0 Å². The molecule has 0 aliphatic carbocycles. The van der Waals surface area contributed by atoms with Crippen LogP contribution in [-0.4, -0.2) is 12.9 Å². The van der Waals surface area contributed by atoms with Crippen LogP contribution in [0.5, 0.6) is 0 Å². The maximum atomic E-state index is 5.29. The van der Waals surface area contributed by atoms with E-state index in [-0.39, 0.29) is 6.10 Å². The molecule has 70 valence electrons. The highest BCUT2D eigenvalue weighted by molar-refractivity contribution is 7.99. The third kappa shape index (κ3) is 1.74. The summed E-state index contributed by atoms with van der Waals surface area (Å²) in [6, 6.07) is 6.67. The van der Waals surface area contributed by atoms with E-state index in [9.17, 15) is 0 Å². The summed E-state index contributed by atoms with van der Waals surface area (Å²) in [7, 11) is 1.76. The van der Waals surface area contributed by atoms with Crippen LogP contribution >= 0.6 is 11.8 Å². The van der Waals surface area contributed by atoms with Crippen LogP contribution in [0.4, 0.5) is 0 Å². The molecule has 0 saturated carbocycles. The molecule has 0 spiro atoms. The van der Waals surface area contributed by atoms with Gasteiger partial charge in [0.1, 0.15) is 0 Å². The predicted molar refractivity (Wildman–Crippen MR) is 56.3 cm³/mol. The average Bonchev–Trinajstić information content (AvgIpc) is 2.63. The SMILES string of the molecule is COC(C)c1ccc2c(c1)CCS2. The fraction of sp³-hybridized carbons (Fsp3) is 0.455. The number of thioether (sulfide) groups is 1. The monoisotopic (exact) mass is 194 g/mol. The second-order valence-corrected chi connectivity index (χ2v) is 4.48. The number of hydrogen-bond donors (Lipinski definition) is 0. The molecule has 1 nitrogen and oxygen atoms in total. The van der Waals surface area contributed by atoms with Crippen molar-refractivity contribution in [3.8, 4) is 0 Å². The van der Waals surface area contributed by atoms with Gasteiger partial charge in [-0.25, -0.2) is 0 Å². The Kier molecular flexibility index (Phi) is 2.61. The van der Waals surface area contributed by atoms with Crippen LogP contribution in [0.1, 0.15) is 24.2 Å². The molecule has 13 heavy (non-hydrogen) atoms. The second-order valence-electron chi connectivity index (χ2n) is 3.34. The van der Waals surface area contributed by atoms with Crippen molar-refractivity contribution in [3.05, 3.63) is 29.3 Å². The van der Waals surface area contributed by atoms with Gasteiger partial charge in [0.15, 0.2) is 0 Å². The normalized spacial score (nSPS) is 17.1. The number of rotatable bonds is 2. The Morgan fingerprint density at radius 2 is 2.31 bits per heavy atom. The molecule has 1 atom stereocenters. The maximum Gasteiger partial charge on any atom is 0.0793 e. The van der Waals surface area contributed by atoms with Gasteiger partial charge >= 0.3 is 0 Å². The van der Waals surface area contributed by atoms with Crippen LogP contribution in [0.25, 0.3) is 0 Å².